The van der Waals surface area contributed by atoms with E-state index >= 15 is 0 Å². The van der Waals surface area contributed by atoms with E-state index in [4.69, 9.17) is 4.42 Å². The average molecular weight is 276 g/mol. The standard InChI is InChI=1S/C15H24N4O/c1-11-12(2)20-13(18-11)9-17-14(16-3)19-8-7-15(10-19)5-4-6-15/h4-10H2,1-3H3,(H,16,17). The molecule has 20 heavy (non-hydrogen) atoms. The van der Waals surface area contributed by atoms with Crippen molar-refractivity contribution >= 4 is 5.96 Å². The van der Waals surface area contributed by atoms with Crippen LogP contribution in [0.25, 0.3) is 0 Å². The molecule has 1 saturated carbocycles. The van der Waals surface area contributed by atoms with Gasteiger partial charge in [0, 0.05) is 20.1 Å². The minimum absolute atomic E-state index is 0.591. The van der Waals surface area contributed by atoms with E-state index in [1.165, 1.54) is 25.7 Å². The van der Waals surface area contributed by atoms with E-state index in [0.29, 0.717) is 12.0 Å². The van der Waals surface area contributed by atoms with Crippen molar-refractivity contribution in [3.05, 3.63) is 17.3 Å². The van der Waals surface area contributed by atoms with Crippen LogP contribution in [0.1, 0.15) is 43.0 Å². The molecule has 1 aromatic rings. The molecule has 1 saturated heterocycles. The lowest BCUT2D eigenvalue weighted by atomic mass is 9.68. The highest BCUT2D eigenvalue weighted by Gasteiger charge is 2.43. The number of hydrogen-bond acceptors (Lipinski definition) is 3. The van der Waals surface area contributed by atoms with Gasteiger partial charge in [-0.15, -0.1) is 0 Å². The molecule has 1 aliphatic carbocycles. The predicted molar refractivity (Wildman–Crippen MR) is 78.6 cm³/mol. The van der Waals surface area contributed by atoms with Gasteiger partial charge in [-0.25, -0.2) is 4.98 Å². The summed E-state index contributed by atoms with van der Waals surface area (Å²) in [6.45, 7) is 6.78. The zero-order chi connectivity index (χ0) is 14.2. The molecule has 2 aliphatic rings. The molecule has 1 aromatic heterocycles. The quantitative estimate of drug-likeness (QED) is 0.665. The minimum Gasteiger partial charge on any atom is -0.444 e. The smallest absolute Gasteiger partial charge is 0.214 e. The highest BCUT2D eigenvalue weighted by atomic mass is 16.4. The molecule has 1 N–H and O–H groups in total. The van der Waals surface area contributed by atoms with Crippen LogP contribution in [-0.2, 0) is 6.54 Å². The van der Waals surface area contributed by atoms with Crippen LogP contribution in [0.4, 0.5) is 0 Å². The first-order chi connectivity index (χ1) is 9.62. The molecule has 0 atom stereocenters. The van der Waals surface area contributed by atoms with Crippen LogP contribution in [-0.4, -0.2) is 36.0 Å². The SMILES string of the molecule is CN=C(NCc1nc(C)c(C)o1)N1CCC2(CCC2)C1. The summed E-state index contributed by atoms with van der Waals surface area (Å²) in [4.78, 5) is 11.2. The first-order valence-corrected chi connectivity index (χ1v) is 7.50. The zero-order valence-electron chi connectivity index (χ0n) is 12.7. The van der Waals surface area contributed by atoms with Crippen molar-refractivity contribution in [2.75, 3.05) is 20.1 Å². The fourth-order valence-corrected chi connectivity index (χ4v) is 3.30. The lowest BCUT2D eigenvalue weighted by Crippen LogP contribution is -2.42. The number of likely N-dealkylation sites (tertiary alicyclic amines) is 1. The Bertz CT molecular complexity index is 496. The van der Waals surface area contributed by atoms with Crippen LogP contribution in [0, 0.1) is 19.3 Å². The summed E-state index contributed by atoms with van der Waals surface area (Å²) in [5.74, 6) is 2.60. The number of rotatable bonds is 2. The molecule has 0 aromatic carbocycles. The second-order valence-corrected chi connectivity index (χ2v) is 6.18. The first kappa shape index (κ1) is 13.5. The van der Waals surface area contributed by atoms with Gasteiger partial charge < -0.3 is 14.6 Å². The molecule has 3 rings (SSSR count). The second-order valence-electron chi connectivity index (χ2n) is 6.18. The maximum Gasteiger partial charge on any atom is 0.214 e. The number of hydrogen-bond donors (Lipinski definition) is 1. The molecule has 110 valence electrons. The molecule has 5 heteroatoms. The lowest BCUT2D eigenvalue weighted by Gasteiger charge is -2.38. The van der Waals surface area contributed by atoms with Crippen LogP contribution in [0.5, 0.6) is 0 Å². The summed E-state index contributed by atoms with van der Waals surface area (Å²) in [6.07, 6.45) is 5.48. The van der Waals surface area contributed by atoms with E-state index in [2.05, 4.69) is 20.2 Å². The maximum absolute atomic E-state index is 5.60. The molecule has 1 spiro atoms. The van der Waals surface area contributed by atoms with Crippen molar-refractivity contribution in [1.29, 1.82) is 0 Å². The molecule has 0 bridgehead atoms. The summed E-state index contributed by atoms with van der Waals surface area (Å²) >= 11 is 0. The molecule has 0 amide bonds. The van der Waals surface area contributed by atoms with Crippen molar-refractivity contribution in [3.63, 3.8) is 0 Å². The molecule has 0 unspecified atom stereocenters. The summed E-state index contributed by atoms with van der Waals surface area (Å²) in [7, 11) is 1.85. The van der Waals surface area contributed by atoms with E-state index in [1.54, 1.807) is 0 Å². The van der Waals surface area contributed by atoms with Gasteiger partial charge in [-0.3, -0.25) is 4.99 Å². The third-order valence-electron chi connectivity index (χ3n) is 4.83. The maximum atomic E-state index is 5.60. The summed E-state index contributed by atoms with van der Waals surface area (Å²) in [5, 5.41) is 3.37. The Hall–Kier alpha value is -1.52. The number of nitrogens with zero attached hydrogens (tertiary/aromatic N) is 3. The Morgan fingerprint density at radius 3 is 2.70 bits per heavy atom. The normalized spacial score (nSPS) is 21.4. The van der Waals surface area contributed by atoms with Gasteiger partial charge in [-0.05, 0) is 38.5 Å². The van der Waals surface area contributed by atoms with E-state index in [0.717, 1.165) is 36.4 Å². The van der Waals surface area contributed by atoms with Gasteiger partial charge in [-0.2, -0.15) is 0 Å². The average Bonchev–Trinajstić information content (AvgIpc) is 2.96. The van der Waals surface area contributed by atoms with E-state index in [9.17, 15) is 0 Å². The van der Waals surface area contributed by atoms with Crippen molar-refractivity contribution in [1.82, 2.24) is 15.2 Å². The van der Waals surface area contributed by atoms with Crippen molar-refractivity contribution < 1.29 is 4.42 Å². The number of aliphatic imine (C=N–C) groups is 1. The molecular formula is C15H24N4O. The molecule has 2 fully saturated rings. The Balaban J connectivity index is 1.58. The van der Waals surface area contributed by atoms with E-state index < -0.39 is 0 Å². The van der Waals surface area contributed by atoms with Crippen molar-refractivity contribution in [2.45, 2.75) is 46.1 Å². The first-order valence-electron chi connectivity index (χ1n) is 7.50. The topological polar surface area (TPSA) is 53.7 Å². The number of oxazole rings is 1. The highest BCUT2D eigenvalue weighted by molar-refractivity contribution is 5.80. The van der Waals surface area contributed by atoms with Gasteiger partial charge in [-0.1, -0.05) is 6.42 Å². The van der Waals surface area contributed by atoms with Gasteiger partial charge in [0.1, 0.15) is 5.76 Å². The molecule has 5 nitrogen and oxygen atoms in total. The zero-order valence-corrected chi connectivity index (χ0v) is 12.7. The third kappa shape index (κ3) is 2.41. The number of nitrogens with one attached hydrogen (secondary N) is 1. The number of aryl methyl sites for hydroxylation is 2. The Morgan fingerprint density at radius 2 is 2.20 bits per heavy atom. The summed E-state index contributed by atoms with van der Waals surface area (Å²) in [5.41, 5.74) is 1.56. The molecule has 0 radical (unpaired) electrons. The number of guanidine groups is 1. The van der Waals surface area contributed by atoms with Gasteiger partial charge >= 0.3 is 0 Å². The Morgan fingerprint density at radius 1 is 1.40 bits per heavy atom. The van der Waals surface area contributed by atoms with Gasteiger partial charge in [0.2, 0.25) is 5.89 Å². The molecular weight excluding hydrogens is 252 g/mol. The monoisotopic (exact) mass is 276 g/mol. The van der Waals surface area contributed by atoms with Gasteiger partial charge in [0.25, 0.3) is 0 Å². The molecule has 1 aliphatic heterocycles. The summed E-state index contributed by atoms with van der Waals surface area (Å²) in [6, 6.07) is 0. The number of aromatic nitrogens is 1. The van der Waals surface area contributed by atoms with Crippen molar-refractivity contribution in [2.24, 2.45) is 10.4 Å². The minimum atomic E-state index is 0.591. The summed E-state index contributed by atoms with van der Waals surface area (Å²) < 4.78 is 5.60. The predicted octanol–water partition coefficient (Wildman–Crippen LogP) is 2.24. The Labute approximate surface area is 120 Å². The largest absolute Gasteiger partial charge is 0.444 e. The fraction of sp³-hybridized carbons (Fsp3) is 0.733. The molecule has 2 heterocycles. The highest BCUT2D eigenvalue weighted by Crippen LogP contribution is 2.47. The van der Waals surface area contributed by atoms with Gasteiger partial charge in [0.15, 0.2) is 5.96 Å². The van der Waals surface area contributed by atoms with Crippen molar-refractivity contribution in [3.8, 4) is 0 Å². The van der Waals surface area contributed by atoms with Crippen LogP contribution in [0.15, 0.2) is 9.41 Å². The Kier molecular flexibility index (Phi) is 3.44. The second kappa shape index (κ2) is 5.11. The van der Waals surface area contributed by atoms with Crippen LogP contribution < -0.4 is 5.32 Å². The van der Waals surface area contributed by atoms with Crippen LogP contribution in [0.2, 0.25) is 0 Å². The van der Waals surface area contributed by atoms with Crippen LogP contribution in [0.3, 0.4) is 0 Å². The van der Waals surface area contributed by atoms with Gasteiger partial charge in [0.05, 0.1) is 12.2 Å². The van der Waals surface area contributed by atoms with E-state index in [-0.39, 0.29) is 0 Å². The lowest BCUT2D eigenvalue weighted by molar-refractivity contribution is 0.151. The third-order valence-corrected chi connectivity index (χ3v) is 4.83. The van der Waals surface area contributed by atoms with E-state index in [1.807, 2.05) is 20.9 Å². The fourth-order valence-electron chi connectivity index (χ4n) is 3.30. The van der Waals surface area contributed by atoms with Crippen LogP contribution >= 0.6 is 0 Å².